The normalized spacial score (nSPS) is 14.2. The topological polar surface area (TPSA) is 227 Å². The lowest BCUT2D eigenvalue weighted by atomic mass is 9.95. The molecule has 3 unspecified atom stereocenters. The van der Waals surface area contributed by atoms with Crippen molar-refractivity contribution in [3.8, 4) is 0 Å². The molecule has 0 aromatic carbocycles. The van der Waals surface area contributed by atoms with Crippen LogP contribution >= 0.6 is 0 Å². The van der Waals surface area contributed by atoms with E-state index < -0.39 is 54.7 Å². The van der Waals surface area contributed by atoms with Crippen LogP contribution in [-0.4, -0.2) is 54.8 Å². The van der Waals surface area contributed by atoms with Crippen LogP contribution in [0.1, 0.15) is 53.9 Å². The second-order valence-electron chi connectivity index (χ2n) is 6.35. The van der Waals surface area contributed by atoms with Crippen molar-refractivity contribution >= 4 is 23.7 Å². The first kappa shape index (κ1) is 31.4. The molecular weight excluding hydrogens is 386 g/mol. The summed E-state index contributed by atoms with van der Waals surface area (Å²) in [6, 6.07) is -1.26. The Hall–Kier alpha value is -2.28. The van der Waals surface area contributed by atoms with Gasteiger partial charge in [0.05, 0.1) is 24.3 Å². The van der Waals surface area contributed by atoms with Gasteiger partial charge in [-0.1, -0.05) is 14.9 Å². The number of ether oxygens (including phenoxy) is 1. The fraction of sp³-hybridized carbons (Fsp3) is 0.765. The lowest BCUT2D eigenvalue weighted by molar-refractivity contribution is -0.438. The van der Waals surface area contributed by atoms with Crippen LogP contribution in [0, 0.1) is 0 Å². The highest BCUT2D eigenvalue weighted by atomic mass is 16.6. The van der Waals surface area contributed by atoms with E-state index in [-0.39, 0.29) is 27.8 Å². The third-order valence-electron chi connectivity index (χ3n) is 3.74. The van der Waals surface area contributed by atoms with Crippen LogP contribution in [0.25, 0.3) is 0 Å². The summed E-state index contributed by atoms with van der Waals surface area (Å²) in [6.45, 7) is 0.824. The number of nitrogens with two attached hydrogens (primary N) is 2. The minimum Gasteiger partial charge on any atom is -0.834 e. The van der Waals surface area contributed by atoms with E-state index in [0.717, 1.165) is 0 Å². The van der Waals surface area contributed by atoms with Crippen molar-refractivity contribution in [3.05, 3.63) is 0 Å². The zero-order valence-electron chi connectivity index (χ0n) is 15.3. The summed E-state index contributed by atoms with van der Waals surface area (Å²) in [7, 11) is 0. The SMILES string of the molecule is C.C.CC(N)(CCCCNC(=O)CC(NC(=O)CC([NH3+])C(=O)[O-])OC[O-])C(N)=O. The Morgan fingerprint density at radius 1 is 1.14 bits per heavy atom. The maximum Gasteiger partial charge on any atom is 0.237 e. The van der Waals surface area contributed by atoms with Crippen molar-refractivity contribution < 1.29 is 39.9 Å². The van der Waals surface area contributed by atoms with Gasteiger partial charge in [-0.25, -0.2) is 0 Å². The number of hydrogen-bond donors (Lipinski definition) is 5. The van der Waals surface area contributed by atoms with E-state index in [2.05, 4.69) is 16.4 Å². The molecule has 0 radical (unpaired) electrons. The monoisotopic (exact) mass is 422 g/mol. The zero-order chi connectivity index (χ0) is 21.0. The number of quaternary nitrogens is 1. The maximum absolute atomic E-state index is 11.8. The van der Waals surface area contributed by atoms with E-state index in [1.807, 2.05) is 0 Å². The van der Waals surface area contributed by atoms with Gasteiger partial charge in [-0.05, 0) is 33.0 Å². The van der Waals surface area contributed by atoms with Crippen molar-refractivity contribution in [1.29, 1.82) is 0 Å². The zero-order valence-corrected chi connectivity index (χ0v) is 15.3. The van der Waals surface area contributed by atoms with Crippen molar-refractivity contribution in [1.82, 2.24) is 10.6 Å². The molecule has 9 N–H and O–H groups in total. The van der Waals surface area contributed by atoms with E-state index in [4.69, 9.17) is 16.2 Å². The highest BCUT2D eigenvalue weighted by Gasteiger charge is 2.24. The number of primary amides is 1. The fourth-order valence-electron chi connectivity index (χ4n) is 1.99. The van der Waals surface area contributed by atoms with E-state index in [1.165, 1.54) is 6.92 Å². The molecule has 0 aliphatic heterocycles. The molecule has 0 saturated carbocycles. The first-order valence-electron chi connectivity index (χ1n) is 8.38. The number of carboxylic acid groups (broad SMARTS) is 1. The molecule has 0 aliphatic rings. The smallest absolute Gasteiger partial charge is 0.237 e. The highest BCUT2D eigenvalue weighted by Crippen LogP contribution is 2.09. The summed E-state index contributed by atoms with van der Waals surface area (Å²) in [4.78, 5) is 45.2. The molecule has 0 aromatic heterocycles. The van der Waals surface area contributed by atoms with E-state index in [1.54, 1.807) is 0 Å². The van der Waals surface area contributed by atoms with Crippen LogP contribution in [0.3, 0.4) is 0 Å². The molecule has 0 fully saturated rings. The first-order valence-corrected chi connectivity index (χ1v) is 8.38. The molecule has 12 heteroatoms. The molecule has 0 rings (SSSR count). The van der Waals surface area contributed by atoms with Gasteiger partial charge in [0.1, 0.15) is 12.3 Å². The summed E-state index contributed by atoms with van der Waals surface area (Å²) >= 11 is 0. The molecule has 0 aliphatic carbocycles. The Bertz CT molecular complexity index is 528. The Balaban J connectivity index is -0.00000338. The second-order valence-corrected chi connectivity index (χ2v) is 6.35. The molecule has 172 valence electrons. The van der Waals surface area contributed by atoms with Gasteiger partial charge in [-0.15, -0.1) is 0 Å². The van der Waals surface area contributed by atoms with Crippen LogP contribution < -0.4 is 38.0 Å². The van der Waals surface area contributed by atoms with Crippen molar-refractivity contribution in [2.24, 2.45) is 11.5 Å². The van der Waals surface area contributed by atoms with Gasteiger partial charge >= 0.3 is 0 Å². The van der Waals surface area contributed by atoms with Gasteiger partial charge in [0, 0.05) is 6.54 Å². The molecule has 3 atom stereocenters. The predicted octanol–water partition coefficient (Wildman–Crippen LogP) is -4.33. The first-order chi connectivity index (χ1) is 12.5. The predicted molar refractivity (Wildman–Crippen MR) is 101 cm³/mol. The molecule has 0 heterocycles. The van der Waals surface area contributed by atoms with Crippen LogP contribution in [0.15, 0.2) is 0 Å². The largest absolute Gasteiger partial charge is 0.834 e. The number of unbranched alkanes of at least 4 members (excludes halogenated alkanes) is 1. The van der Waals surface area contributed by atoms with Crippen LogP contribution in [0.4, 0.5) is 0 Å². The van der Waals surface area contributed by atoms with Crippen molar-refractivity contribution in [2.45, 2.75) is 71.7 Å². The minimum absolute atomic E-state index is 0. The third-order valence-corrected chi connectivity index (χ3v) is 3.74. The van der Waals surface area contributed by atoms with E-state index >= 15 is 0 Å². The molecule has 12 nitrogen and oxygen atoms in total. The summed E-state index contributed by atoms with van der Waals surface area (Å²) in [5.74, 6) is -3.32. The van der Waals surface area contributed by atoms with Crippen molar-refractivity contribution in [2.75, 3.05) is 13.3 Å². The van der Waals surface area contributed by atoms with Gasteiger partial charge in [0.15, 0.2) is 0 Å². The molecule has 0 aromatic rings. The average Bonchev–Trinajstić information content (AvgIpc) is 2.54. The standard InChI is InChI=1S/C15H28N5O7.2CH4/c1-15(18,14(17)26)4-2-3-5-19-10(22)7-12(27-8-21)20-11(23)6-9(16)13(24)25;;/h9,12H,2-8,16,18H2,1H3,(H2,17,26)(H,19,22)(H,20,23)(H,24,25);2*1H4/q-1;;. The lowest BCUT2D eigenvalue weighted by Crippen LogP contribution is -2.69. The van der Waals surface area contributed by atoms with Crippen LogP contribution in [0.5, 0.6) is 0 Å². The van der Waals surface area contributed by atoms with Crippen LogP contribution in [-0.2, 0) is 23.9 Å². The van der Waals surface area contributed by atoms with Gasteiger partial charge in [0.25, 0.3) is 0 Å². The molecule has 0 bridgehead atoms. The highest BCUT2D eigenvalue weighted by molar-refractivity contribution is 5.84. The van der Waals surface area contributed by atoms with Gasteiger partial charge < -0.3 is 47.6 Å². The lowest BCUT2D eigenvalue weighted by Gasteiger charge is -2.22. The molecule has 0 spiro atoms. The Kier molecular flexibility index (Phi) is 16.9. The molecule has 0 saturated heterocycles. The minimum atomic E-state index is -1.49. The van der Waals surface area contributed by atoms with Gasteiger partial charge in [-0.3, -0.25) is 14.4 Å². The van der Waals surface area contributed by atoms with Gasteiger partial charge in [-0.2, -0.15) is 0 Å². The van der Waals surface area contributed by atoms with E-state index in [0.29, 0.717) is 19.3 Å². The number of hydrogen-bond acceptors (Lipinski definition) is 8. The van der Waals surface area contributed by atoms with Gasteiger partial charge in [0.2, 0.25) is 17.7 Å². The van der Waals surface area contributed by atoms with E-state index in [9.17, 15) is 29.4 Å². The Morgan fingerprint density at radius 3 is 2.21 bits per heavy atom. The Labute approximate surface area is 171 Å². The number of carboxylic acids is 1. The summed E-state index contributed by atoms with van der Waals surface area (Å²) in [6.07, 6.45) is -0.522. The van der Waals surface area contributed by atoms with Crippen LogP contribution in [0.2, 0.25) is 0 Å². The summed E-state index contributed by atoms with van der Waals surface area (Å²) in [5, 5.41) is 26.0. The number of amides is 3. The maximum atomic E-state index is 11.8. The third kappa shape index (κ3) is 14.4. The summed E-state index contributed by atoms with van der Waals surface area (Å²) < 4.78 is 4.72. The molecule has 29 heavy (non-hydrogen) atoms. The number of nitrogens with one attached hydrogen (secondary N) is 2. The molecular formula is C17H36N5O7-. The molecule has 3 amide bonds. The second kappa shape index (κ2) is 15.6. The number of aliphatic carboxylic acids is 1. The fourth-order valence-corrected chi connectivity index (χ4v) is 1.99. The number of carbonyl (C=O) groups excluding carboxylic acids is 4. The Morgan fingerprint density at radius 2 is 1.72 bits per heavy atom. The summed E-state index contributed by atoms with van der Waals surface area (Å²) in [5.41, 5.74) is 13.0. The quantitative estimate of drug-likeness (QED) is 0.135. The average molecular weight is 423 g/mol. The van der Waals surface area contributed by atoms with Crippen molar-refractivity contribution in [3.63, 3.8) is 0 Å². The number of carbonyl (C=O) groups is 4. The number of rotatable bonds is 14.